The van der Waals surface area contributed by atoms with E-state index in [0.29, 0.717) is 11.4 Å². The van der Waals surface area contributed by atoms with Crippen LogP contribution in [0.15, 0.2) is 39.9 Å². The maximum Gasteiger partial charge on any atom is 0.323 e. The largest absolute Gasteiger partial charge is 0.323 e. The van der Waals surface area contributed by atoms with E-state index in [1.807, 2.05) is 5.38 Å². The number of sulfone groups is 1. The van der Waals surface area contributed by atoms with Gasteiger partial charge in [-0.3, -0.25) is 0 Å². The summed E-state index contributed by atoms with van der Waals surface area (Å²) < 4.78 is 23.1. The Kier molecular flexibility index (Phi) is 4.32. The van der Waals surface area contributed by atoms with Crippen LogP contribution in [0, 0.1) is 0 Å². The van der Waals surface area contributed by atoms with Crippen molar-refractivity contribution in [2.24, 2.45) is 0 Å². The van der Waals surface area contributed by atoms with Crippen molar-refractivity contribution in [1.82, 2.24) is 0 Å². The summed E-state index contributed by atoms with van der Waals surface area (Å²) in [4.78, 5) is 11.7. The number of benzene rings is 1. The normalized spacial score (nSPS) is 11.1. The molecule has 1 aromatic carbocycles. The molecule has 0 aliphatic carbocycles. The molecule has 0 fully saturated rings. The number of carbonyl (C=O) groups excluding carboxylic acids is 1. The highest BCUT2D eigenvalue weighted by Crippen LogP contribution is 2.25. The highest BCUT2D eigenvalue weighted by atomic mass is 35.5. The van der Waals surface area contributed by atoms with Crippen LogP contribution in [-0.2, 0) is 9.84 Å². The second kappa shape index (κ2) is 5.82. The molecule has 0 saturated carbocycles. The fourth-order valence-corrected chi connectivity index (χ4v) is 3.38. The second-order valence-corrected chi connectivity index (χ2v) is 7.18. The smallest absolute Gasteiger partial charge is 0.308 e. The molecule has 2 amide bonds. The van der Waals surface area contributed by atoms with Crippen LogP contribution < -0.4 is 10.6 Å². The average Bonchev–Trinajstić information content (AvgIpc) is 2.83. The first-order valence-electron chi connectivity index (χ1n) is 5.46. The van der Waals surface area contributed by atoms with Gasteiger partial charge in [0.1, 0.15) is 0 Å². The third-order valence-corrected chi connectivity index (χ3v) is 4.63. The number of hydrogen-bond acceptors (Lipinski definition) is 4. The van der Waals surface area contributed by atoms with Crippen LogP contribution in [0.5, 0.6) is 0 Å². The van der Waals surface area contributed by atoms with Crippen molar-refractivity contribution >= 4 is 50.2 Å². The molecule has 106 valence electrons. The van der Waals surface area contributed by atoms with E-state index in [1.165, 1.54) is 29.5 Å². The summed E-state index contributed by atoms with van der Waals surface area (Å²) >= 11 is 7.28. The highest BCUT2D eigenvalue weighted by Gasteiger charge is 2.13. The molecule has 5 nitrogen and oxygen atoms in total. The summed E-state index contributed by atoms with van der Waals surface area (Å²) in [6.07, 6.45) is 1.06. The van der Waals surface area contributed by atoms with Gasteiger partial charge in [-0.2, -0.15) is 11.3 Å². The summed E-state index contributed by atoms with van der Waals surface area (Å²) in [6.45, 7) is 0. The van der Waals surface area contributed by atoms with Crippen LogP contribution >= 0.6 is 22.9 Å². The van der Waals surface area contributed by atoms with E-state index in [1.54, 1.807) is 11.4 Å². The van der Waals surface area contributed by atoms with Crippen molar-refractivity contribution < 1.29 is 13.2 Å². The summed E-state index contributed by atoms with van der Waals surface area (Å²) in [6, 6.07) is 5.59. The molecule has 0 atom stereocenters. The topological polar surface area (TPSA) is 75.3 Å². The van der Waals surface area contributed by atoms with Gasteiger partial charge in [0.15, 0.2) is 9.84 Å². The number of urea groups is 1. The minimum absolute atomic E-state index is 0.0208. The average molecular weight is 331 g/mol. The fourth-order valence-electron chi connectivity index (χ4n) is 1.49. The summed E-state index contributed by atoms with van der Waals surface area (Å²) in [5, 5.41) is 8.91. The predicted octanol–water partition coefficient (Wildman–Crippen LogP) is 3.45. The van der Waals surface area contributed by atoms with Crippen LogP contribution in [0.25, 0.3) is 0 Å². The van der Waals surface area contributed by atoms with Gasteiger partial charge in [-0.15, -0.1) is 0 Å². The first-order chi connectivity index (χ1) is 9.36. The standard InChI is InChI=1S/C12H11ClN2O3S2/c1-20(17,18)11-6-8(2-3-10(11)13)14-12(16)15-9-4-5-19-7-9/h2-7H,1H3,(H2,14,15,16). The molecule has 1 aromatic heterocycles. The Bertz CT molecular complexity index is 727. The zero-order valence-electron chi connectivity index (χ0n) is 10.4. The van der Waals surface area contributed by atoms with Gasteiger partial charge in [-0.25, -0.2) is 13.2 Å². The Morgan fingerprint density at radius 1 is 1.20 bits per heavy atom. The lowest BCUT2D eigenvalue weighted by atomic mass is 10.3. The Labute approximate surface area is 125 Å². The van der Waals surface area contributed by atoms with Crippen molar-refractivity contribution in [2.45, 2.75) is 4.90 Å². The van der Waals surface area contributed by atoms with E-state index < -0.39 is 15.9 Å². The number of hydrogen-bond donors (Lipinski definition) is 2. The third-order valence-electron chi connectivity index (χ3n) is 2.37. The molecule has 0 saturated heterocycles. The third kappa shape index (κ3) is 3.72. The van der Waals surface area contributed by atoms with Gasteiger partial charge in [0.2, 0.25) is 0 Å². The van der Waals surface area contributed by atoms with Crippen molar-refractivity contribution in [1.29, 1.82) is 0 Å². The number of carbonyl (C=O) groups is 1. The maximum atomic E-state index is 11.7. The Morgan fingerprint density at radius 2 is 1.90 bits per heavy atom. The van der Waals surface area contributed by atoms with Crippen molar-refractivity contribution in [3.8, 4) is 0 Å². The van der Waals surface area contributed by atoms with Gasteiger partial charge in [0.05, 0.1) is 15.6 Å². The number of amides is 2. The zero-order valence-corrected chi connectivity index (χ0v) is 12.8. The molecule has 2 aromatic rings. The van der Waals surface area contributed by atoms with Gasteiger partial charge < -0.3 is 10.6 Å². The van der Waals surface area contributed by atoms with Crippen LogP contribution in [0.3, 0.4) is 0 Å². The number of anilines is 2. The molecule has 0 aliphatic heterocycles. The molecule has 1 heterocycles. The molecule has 2 N–H and O–H groups in total. The first kappa shape index (κ1) is 14.8. The summed E-state index contributed by atoms with van der Waals surface area (Å²) in [5.41, 5.74) is 1.02. The molecular formula is C12H11ClN2O3S2. The molecular weight excluding hydrogens is 320 g/mol. The highest BCUT2D eigenvalue weighted by molar-refractivity contribution is 7.90. The monoisotopic (exact) mass is 330 g/mol. The molecule has 0 spiro atoms. The Hall–Kier alpha value is -1.57. The van der Waals surface area contributed by atoms with Gasteiger partial charge in [0.25, 0.3) is 0 Å². The number of rotatable bonds is 3. The summed E-state index contributed by atoms with van der Waals surface area (Å²) in [5.74, 6) is 0. The van der Waals surface area contributed by atoms with Crippen LogP contribution in [-0.4, -0.2) is 20.7 Å². The molecule has 0 aliphatic rings. The van der Waals surface area contributed by atoms with Gasteiger partial charge in [0, 0.05) is 17.3 Å². The number of nitrogens with one attached hydrogen (secondary N) is 2. The SMILES string of the molecule is CS(=O)(=O)c1cc(NC(=O)Nc2ccsc2)ccc1Cl. The lowest BCUT2D eigenvalue weighted by Gasteiger charge is -2.08. The van der Waals surface area contributed by atoms with E-state index in [-0.39, 0.29) is 9.92 Å². The molecule has 0 bridgehead atoms. The van der Waals surface area contributed by atoms with Gasteiger partial charge in [-0.05, 0) is 29.6 Å². The van der Waals surface area contributed by atoms with Crippen molar-refractivity contribution in [2.75, 3.05) is 16.9 Å². The lowest BCUT2D eigenvalue weighted by Crippen LogP contribution is -2.19. The van der Waals surface area contributed by atoms with Crippen LogP contribution in [0.4, 0.5) is 16.2 Å². The minimum Gasteiger partial charge on any atom is -0.308 e. The number of thiophene rings is 1. The van der Waals surface area contributed by atoms with E-state index in [2.05, 4.69) is 10.6 Å². The minimum atomic E-state index is -3.44. The van der Waals surface area contributed by atoms with Gasteiger partial charge in [-0.1, -0.05) is 11.6 Å². The fraction of sp³-hybridized carbons (Fsp3) is 0.0833. The van der Waals surface area contributed by atoms with Crippen LogP contribution in [0.2, 0.25) is 5.02 Å². The molecule has 20 heavy (non-hydrogen) atoms. The molecule has 8 heteroatoms. The van der Waals surface area contributed by atoms with Crippen LogP contribution in [0.1, 0.15) is 0 Å². The van der Waals surface area contributed by atoms with E-state index in [4.69, 9.17) is 11.6 Å². The lowest BCUT2D eigenvalue weighted by molar-refractivity contribution is 0.262. The van der Waals surface area contributed by atoms with Crippen molar-refractivity contribution in [3.63, 3.8) is 0 Å². The second-order valence-electron chi connectivity index (χ2n) is 4.01. The van der Waals surface area contributed by atoms with E-state index >= 15 is 0 Å². The molecule has 0 unspecified atom stereocenters. The molecule has 0 radical (unpaired) electrons. The number of halogens is 1. The summed E-state index contributed by atoms with van der Waals surface area (Å²) in [7, 11) is -3.44. The first-order valence-corrected chi connectivity index (χ1v) is 8.67. The zero-order chi connectivity index (χ0) is 14.8. The quantitative estimate of drug-likeness (QED) is 0.905. The maximum absolute atomic E-state index is 11.7. The molecule has 2 rings (SSSR count). The predicted molar refractivity (Wildman–Crippen MR) is 81.5 cm³/mol. The van der Waals surface area contributed by atoms with E-state index in [0.717, 1.165) is 6.26 Å². The van der Waals surface area contributed by atoms with Gasteiger partial charge >= 0.3 is 6.03 Å². The Balaban J connectivity index is 2.16. The van der Waals surface area contributed by atoms with E-state index in [9.17, 15) is 13.2 Å². The van der Waals surface area contributed by atoms with Crippen molar-refractivity contribution in [3.05, 3.63) is 40.0 Å². The Morgan fingerprint density at radius 3 is 2.50 bits per heavy atom.